The molecule has 0 aliphatic carbocycles. The molecular formula is C15H25NO2. The molecule has 0 amide bonds. The molecule has 0 saturated heterocycles. The summed E-state index contributed by atoms with van der Waals surface area (Å²) < 4.78 is 10.9. The number of nitrogens with one attached hydrogen (secondary N) is 1. The zero-order valence-electron chi connectivity index (χ0n) is 11.4. The predicted octanol–water partition coefficient (Wildman–Crippen LogP) is 2.61. The smallest absolute Gasteiger partial charge is 0.0701 e. The third kappa shape index (κ3) is 8.23. The van der Waals surface area contributed by atoms with E-state index in [1.165, 1.54) is 12.0 Å². The monoisotopic (exact) mass is 251 g/mol. The van der Waals surface area contributed by atoms with Gasteiger partial charge in [-0.15, -0.1) is 0 Å². The lowest BCUT2D eigenvalue weighted by atomic mass is 10.2. The van der Waals surface area contributed by atoms with Crippen LogP contribution in [0.3, 0.4) is 0 Å². The minimum atomic E-state index is 0.691. The standard InChI is InChI=1S/C15H25NO2/c1-2-3-10-17-12-13-18-11-9-16-14-15-7-5-4-6-8-15/h4-8,16H,2-3,9-14H2,1H3. The van der Waals surface area contributed by atoms with E-state index in [1.807, 2.05) is 6.07 Å². The fraction of sp³-hybridized carbons (Fsp3) is 0.600. The second-order valence-electron chi connectivity index (χ2n) is 4.24. The maximum absolute atomic E-state index is 5.46. The minimum absolute atomic E-state index is 0.691. The van der Waals surface area contributed by atoms with Crippen molar-refractivity contribution in [3.05, 3.63) is 35.9 Å². The normalized spacial score (nSPS) is 10.7. The van der Waals surface area contributed by atoms with Crippen LogP contribution in [-0.2, 0) is 16.0 Å². The van der Waals surface area contributed by atoms with Crippen molar-refractivity contribution < 1.29 is 9.47 Å². The van der Waals surface area contributed by atoms with Crippen molar-refractivity contribution in [3.8, 4) is 0 Å². The molecule has 0 unspecified atom stereocenters. The van der Waals surface area contributed by atoms with Gasteiger partial charge in [0.15, 0.2) is 0 Å². The SMILES string of the molecule is CCCCOCCOCCNCc1ccccc1. The molecule has 0 radical (unpaired) electrons. The summed E-state index contributed by atoms with van der Waals surface area (Å²) in [5, 5.41) is 3.35. The highest BCUT2D eigenvalue weighted by Crippen LogP contribution is 1.96. The highest BCUT2D eigenvalue weighted by molar-refractivity contribution is 5.14. The highest BCUT2D eigenvalue weighted by atomic mass is 16.5. The summed E-state index contributed by atoms with van der Waals surface area (Å²) >= 11 is 0. The average Bonchev–Trinajstić information content (AvgIpc) is 2.42. The number of hydrogen-bond donors (Lipinski definition) is 1. The topological polar surface area (TPSA) is 30.5 Å². The van der Waals surface area contributed by atoms with E-state index >= 15 is 0 Å². The molecule has 0 spiro atoms. The second-order valence-corrected chi connectivity index (χ2v) is 4.24. The van der Waals surface area contributed by atoms with Gasteiger partial charge in [0, 0.05) is 19.7 Å². The Bertz CT molecular complexity index is 277. The molecular weight excluding hydrogens is 226 g/mol. The van der Waals surface area contributed by atoms with Gasteiger partial charge in [0.05, 0.1) is 19.8 Å². The first-order valence-electron chi connectivity index (χ1n) is 6.83. The molecule has 0 aliphatic rings. The highest BCUT2D eigenvalue weighted by Gasteiger charge is 1.92. The van der Waals surface area contributed by atoms with Crippen molar-refractivity contribution in [2.45, 2.75) is 26.3 Å². The number of hydrogen-bond acceptors (Lipinski definition) is 3. The molecule has 0 atom stereocenters. The molecule has 1 N–H and O–H groups in total. The van der Waals surface area contributed by atoms with Gasteiger partial charge in [-0.1, -0.05) is 43.7 Å². The van der Waals surface area contributed by atoms with Crippen LogP contribution in [0.5, 0.6) is 0 Å². The molecule has 1 aromatic carbocycles. The zero-order chi connectivity index (χ0) is 12.9. The van der Waals surface area contributed by atoms with Gasteiger partial charge in [0.25, 0.3) is 0 Å². The first-order valence-corrected chi connectivity index (χ1v) is 6.83. The molecule has 0 fully saturated rings. The van der Waals surface area contributed by atoms with Crippen molar-refractivity contribution in [1.29, 1.82) is 0 Å². The van der Waals surface area contributed by atoms with Gasteiger partial charge < -0.3 is 14.8 Å². The van der Waals surface area contributed by atoms with Crippen molar-refractivity contribution in [3.63, 3.8) is 0 Å². The maximum atomic E-state index is 5.46. The largest absolute Gasteiger partial charge is 0.379 e. The van der Waals surface area contributed by atoms with Gasteiger partial charge in [0.2, 0.25) is 0 Å². The molecule has 1 rings (SSSR count). The van der Waals surface area contributed by atoms with Crippen LogP contribution in [0.2, 0.25) is 0 Å². The lowest BCUT2D eigenvalue weighted by Gasteiger charge is -2.07. The summed E-state index contributed by atoms with van der Waals surface area (Å²) in [6.45, 7) is 6.94. The molecule has 0 bridgehead atoms. The van der Waals surface area contributed by atoms with E-state index in [-0.39, 0.29) is 0 Å². The van der Waals surface area contributed by atoms with Gasteiger partial charge in [-0.2, -0.15) is 0 Å². The Hall–Kier alpha value is -0.900. The molecule has 0 aromatic heterocycles. The summed E-state index contributed by atoms with van der Waals surface area (Å²) in [5.74, 6) is 0. The van der Waals surface area contributed by atoms with Crippen molar-refractivity contribution in [1.82, 2.24) is 5.32 Å². The fourth-order valence-electron chi connectivity index (χ4n) is 1.54. The number of ether oxygens (including phenoxy) is 2. The van der Waals surface area contributed by atoms with Gasteiger partial charge in [-0.05, 0) is 12.0 Å². The quantitative estimate of drug-likeness (QED) is 0.613. The minimum Gasteiger partial charge on any atom is -0.379 e. The number of benzene rings is 1. The van der Waals surface area contributed by atoms with Gasteiger partial charge >= 0.3 is 0 Å². The summed E-state index contributed by atoms with van der Waals surface area (Å²) in [5.41, 5.74) is 1.31. The summed E-state index contributed by atoms with van der Waals surface area (Å²) in [4.78, 5) is 0. The Morgan fingerprint density at radius 3 is 2.39 bits per heavy atom. The van der Waals surface area contributed by atoms with Crippen LogP contribution in [0, 0.1) is 0 Å². The van der Waals surface area contributed by atoms with Gasteiger partial charge in [-0.3, -0.25) is 0 Å². The van der Waals surface area contributed by atoms with Crippen molar-refractivity contribution in [2.75, 3.05) is 33.0 Å². The van der Waals surface area contributed by atoms with Crippen LogP contribution >= 0.6 is 0 Å². The summed E-state index contributed by atoms with van der Waals surface area (Å²) in [6, 6.07) is 10.4. The molecule has 18 heavy (non-hydrogen) atoms. The van der Waals surface area contributed by atoms with E-state index in [1.54, 1.807) is 0 Å². The predicted molar refractivity (Wildman–Crippen MR) is 74.7 cm³/mol. The fourth-order valence-corrected chi connectivity index (χ4v) is 1.54. The average molecular weight is 251 g/mol. The molecule has 0 saturated carbocycles. The van der Waals surface area contributed by atoms with E-state index in [9.17, 15) is 0 Å². The second kappa shape index (κ2) is 11.2. The molecule has 0 heterocycles. The molecule has 102 valence electrons. The van der Waals surface area contributed by atoms with Crippen molar-refractivity contribution in [2.24, 2.45) is 0 Å². The van der Waals surface area contributed by atoms with Crippen LogP contribution in [0.1, 0.15) is 25.3 Å². The number of rotatable bonds is 11. The van der Waals surface area contributed by atoms with Crippen LogP contribution in [0.25, 0.3) is 0 Å². The van der Waals surface area contributed by atoms with E-state index in [4.69, 9.17) is 9.47 Å². The van der Waals surface area contributed by atoms with Crippen LogP contribution < -0.4 is 5.32 Å². The Kier molecular flexibility index (Phi) is 9.44. The number of unbranched alkanes of at least 4 members (excludes halogenated alkanes) is 1. The Labute approximate surface area is 110 Å². The zero-order valence-corrected chi connectivity index (χ0v) is 11.4. The van der Waals surface area contributed by atoms with Gasteiger partial charge in [-0.25, -0.2) is 0 Å². The lowest BCUT2D eigenvalue weighted by Crippen LogP contribution is -2.20. The lowest BCUT2D eigenvalue weighted by molar-refractivity contribution is 0.0477. The van der Waals surface area contributed by atoms with E-state index in [2.05, 4.69) is 36.5 Å². The molecule has 1 aromatic rings. The third-order valence-electron chi connectivity index (χ3n) is 2.61. The van der Waals surface area contributed by atoms with Crippen LogP contribution in [0.15, 0.2) is 30.3 Å². The van der Waals surface area contributed by atoms with E-state index < -0.39 is 0 Å². The molecule has 0 aliphatic heterocycles. The Morgan fingerprint density at radius 2 is 1.67 bits per heavy atom. The Morgan fingerprint density at radius 1 is 0.944 bits per heavy atom. The first kappa shape index (κ1) is 15.2. The third-order valence-corrected chi connectivity index (χ3v) is 2.61. The molecule has 3 heteroatoms. The van der Waals surface area contributed by atoms with Crippen LogP contribution in [-0.4, -0.2) is 33.0 Å². The molecule has 3 nitrogen and oxygen atoms in total. The van der Waals surface area contributed by atoms with Crippen molar-refractivity contribution >= 4 is 0 Å². The summed E-state index contributed by atoms with van der Waals surface area (Å²) in [7, 11) is 0. The Balaban J connectivity index is 1.82. The first-order chi connectivity index (χ1) is 8.93. The van der Waals surface area contributed by atoms with E-state index in [0.29, 0.717) is 13.2 Å². The maximum Gasteiger partial charge on any atom is 0.0701 e. The van der Waals surface area contributed by atoms with E-state index in [0.717, 1.165) is 32.7 Å². The summed E-state index contributed by atoms with van der Waals surface area (Å²) in [6.07, 6.45) is 2.32. The van der Waals surface area contributed by atoms with Crippen LogP contribution in [0.4, 0.5) is 0 Å². The van der Waals surface area contributed by atoms with Gasteiger partial charge in [0.1, 0.15) is 0 Å².